The molecule has 0 radical (unpaired) electrons. The molecule has 0 aliphatic heterocycles. The van der Waals surface area contributed by atoms with E-state index in [9.17, 15) is 4.79 Å². The van der Waals surface area contributed by atoms with E-state index in [-0.39, 0.29) is 0 Å². The monoisotopic (exact) mass is 221 g/mol. The lowest BCUT2D eigenvalue weighted by molar-refractivity contribution is 0.172. The van der Waals surface area contributed by atoms with Crippen LogP contribution in [0.1, 0.15) is 5.56 Å². The molecule has 1 amide bonds. The van der Waals surface area contributed by atoms with E-state index in [4.69, 9.17) is 4.74 Å². The van der Waals surface area contributed by atoms with Gasteiger partial charge in [-0.1, -0.05) is 24.3 Å². The predicted octanol–water partition coefficient (Wildman–Crippen LogP) is 2.06. The molecule has 0 saturated heterocycles. The molecular formula is C12H15NO3. The zero-order valence-electron chi connectivity index (χ0n) is 9.40. The number of nitrogens with one attached hydrogen (secondary N) is 1. The van der Waals surface area contributed by atoms with E-state index in [0.717, 1.165) is 11.3 Å². The van der Waals surface area contributed by atoms with Crippen molar-refractivity contribution in [2.24, 2.45) is 0 Å². The summed E-state index contributed by atoms with van der Waals surface area (Å²) >= 11 is 0. The fourth-order valence-corrected chi connectivity index (χ4v) is 1.12. The molecule has 0 unspecified atom stereocenters. The molecule has 16 heavy (non-hydrogen) atoms. The molecule has 86 valence electrons. The SMILES string of the molecule is COC(=O)NC/C=C/c1ccc(OC)cc1. The van der Waals surface area contributed by atoms with Gasteiger partial charge in [0.2, 0.25) is 0 Å². The van der Waals surface area contributed by atoms with Gasteiger partial charge in [-0.25, -0.2) is 4.79 Å². The minimum absolute atomic E-state index is 0.431. The summed E-state index contributed by atoms with van der Waals surface area (Å²) in [7, 11) is 2.97. The second kappa shape index (κ2) is 6.50. The first kappa shape index (κ1) is 12.1. The molecular weight excluding hydrogens is 206 g/mol. The Morgan fingerprint density at radius 2 is 2.00 bits per heavy atom. The van der Waals surface area contributed by atoms with Gasteiger partial charge in [-0.05, 0) is 17.7 Å². The zero-order chi connectivity index (χ0) is 11.8. The first-order valence-electron chi connectivity index (χ1n) is 4.88. The van der Waals surface area contributed by atoms with Gasteiger partial charge in [0, 0.05) is 6.54 Å². The number of rotatable bonds is 4. The van der Waals surface area contributed by atoms with Crippen LogP contribution in [0.5, 0.6) is 5.75 Å². The Hall–Kier alpha value is -1.97. The third-order valence-corrected chi connectivity index (χ3v) is 1.98. The van der Waals surface area contributed by atoms with Crippen molar-refractivity contribution in [2.45, 2.75) is 0 Å². The van der Waals surface area contributed by atoms with Crippen molar-refractivity contribution in [1.29, 1.82) is 0 Å². The van der Waals surface area contributed by atoms with Crippen LogP contribution >= 0.6 is 0 Å². The van der Waals surface area contributed by atoms with Crippen molar-refractivity contribution < 1.29 is 14.3 Å². The topological polar surface area (TPSA) is 47.6 Å². The lowest BCUT2D eigenvalue weighted by Gasteiger charge is -2.00. The van der Waals surface area contributed by atoms with Crippen molar-refractivity contribution in [3.05, 3.63) is 35.9 Å². The first-order valence-corrected chi connectivity index (χ1v) is 4.88. The van der Waals surface area contributed by atoms with Crippen LogP contribution < -0.4 is 10.1 Å². The van der Waals surface area contributed by atoms with Crippen molar-refractivity contribution >= 4 is 12.2 Å². The molecule has 0 heterocycles. The van der Waals surface area contributed by atoms with Crippen LogP contribution in [-0.4, -0.2) is 26.9 Å². The van der Waals surface area contributed by atoms with Crippen LogP contribution in [0, 0.1) is 0 Å². The van der Waals surface area contributed by atoms with Gasteiger partial charge in [-0.2, -0.15) is 0 Å². The third kappa shape index (κ3) is 4.04. The fourth-order valence-electron chi connectivity index (χ4n) is 1.12. The number of carbonyl (C=O) groups is 1. The van der Waals surface area contributed by atoms with E-state index in [1.807, 2.05) is 36.4 Å². The average Bonchev–Trinajstić information content (AvgIpc) is 2.35. The number of benzene rings is 1. The van der Waals surface area contributed by atoms with Gasteiger partial charge in [0.15, 0.2) is 0 Å². The molecule has 1 aromatic rings. The molecule has 0 spiro atoms. The number of alkyl carbamates (subject to hydrolysis) is 1. The summed E-state index contributed by atoms with van der Waals surface area (Å²) in [6, 6.07) is 7.64. The lowest BCUT2D eigenvalue weighted by Crippen LogP contribution is -2.22. The van der Waals surface area contributed by atoms with E-state index in [2.05, 4.69) is 10.1 Å². The van der Waals surface area contributed by atoms with E-state index in [0.29, 0.717) is 6.54 Å². The molecule has 4 heteroatoms. The normalized spacial score (nSPS) is 10.1. The second-order valence-electron chi connectivity index (χ2n) is 3.05. The fraction of sp³-hybridized carbons (Fsp3) is 0.250. The molecule has 0 fully saturated rings. The highest BCUT2D eigenvalue weighted by Crippen LogP contribution is 2.11. The lowest BCUT2D eigenvalue weighted by atomic mass is 10.2. The maximum Gasteiger partial charge on any atom is 0.407 e. The van der Waals surface area contributed by atoms with Gasteiger partial charge in [-0.15, -0.1) is 0 Å². The number of hydrogen-bond donors (Lipinski definition) is 1. The minimum atomic E-state index is -0.431. The van der Waals surface area contributed by atoms with Gasteiger partial charge >= 0.3 is 6.09 Å². The van der Waals surface area contributed by atoms with E-state index >= 15 is 0 Å². The van der Waals surface area contributed by atoms with Gasteiger partial charge in [0.25, 0.3) is 0 Å². The highest BCUT2D eigenvalue weighted by atomic mass is 16.5. The number of methoxy groups -OCH3 is 2. The predicted molar refractivity (Wildman–Crippen MR) is 62.4 cm³/mol. The Morgan fingerprint density at radius 3 is 2.56 bits per heavy atom. The first-order chi connectivity index (χ1) is 7.76. The van der Waals surface area contributed by atoms with Crippen LogP contribution in [0.2, 0.25) is 0 Å². The molecule has 0 aliphatic rings. The van der Waals surface area contributed by atoms with Gasteiger partial charge in [0.1, 0.15) is 5.75 Å². The number of amides is 1. The summed E-state index contributed by atoms with van der Waals surface area (Å²) < 4.78 is 9.48. The standard InChI is InChI=1S/C12H15NO3/c1-15-11-7-5-10(6-8-11)4-3-9-13-12(14)16-2/h3-8H,9H2,1-2H3,(H,13,14)/b4-3+. The molecule has 1 rings (SSSR count). The molecule has 0 saturated carbocycles. The van der Waals surface area contributed by atoms with Crippen molar-refractivity contribution in [3.8, 4) is 5.75 Å². The molecule has 1 aromatic carbocycles. The Kier molecular flexibility index (Phi) is 4.92. The number of hydrogen-bond acceptors (Lipinski definition) is 3. The average molecular weight is 221 g/mol. The maximum absolute atomic E-state index is 10.7. The molecule has 1 N–H and O–H groups in total. The van der Waals surface area contributed by atoms with Crippen molar-refractivity contribution in [1.82, 2.24) is 5.32 Å². The summed E-state index contributed by atoms with van der Waals surface area (Å²) in [5.41, 5.74) is 1.05. The highest BCUT2D eigenvalue weighted by Gasteiger charge is 1.93. The Bertz CT molecular complexity index is 357. The molecule has 0 aromatic heterocycles. The largest absolute Gasteiger partial charge is 0.497 e. The van der Waals surface area contributed by atoms with E-state index in [1.165, 1.54) is 7.11 Å². The molecule has 0 bridgehead atoms. The zero-order valence-corrected chi connectivity index (χ0v) is 9.40. The van der Waals surface area contributed by atoms with Crippen molar-refractivity contribution in [2.75, 3.05) is 20.8 Å². The summed E-state index contributed by atoms with van der Waals surface area (Å²) in [4.78, 5) is 10.7. The van der Waals surface area contributed by atoms with Crippen LogP contribution in [0.15, 0.2) is 30.3 Å². The summed E-state index contributed by atoms with van der Waals surface area (Å²) in [6.07, 6.45) is 3.33. The van der Waals surface area contributed by atoms with Gasteiger partial charge in [0.05, 0.1) is 14.2 Å². The summed E-state index contributed by atoms with van der Waals surface area (Å²) in [5, 5.41) is 2.55. The van der Waals surface area contributed by atoms with Crippen LogP contribution in [0.4, 0.5) is 4.79 Å². The summed E-state index contributed by atoms with van der Waals surface area (Å²) in [6.45, 7) is 0.443. The Morgan fingerprint density at radius 1 is 1.31 bits per heavy atom. The highest BCUT2D eigenvalue weighted by molar-refractivity contribution is 5.67. The van der Waals surface area contributed by atoms with Gasteiger partial charge < -0.3 is 14.8 Å². The second-order valence-corrected chi connectivity index (χ2v) is 3.05. The number of carbonyl (C=O) groups excluding carboxylic acids is 1. The van der Waals surface area contributed by atoms with Crippen LogP contribution in [0.3, 0.4) is 0 Å². The van der Waals surface area contributed by atoms with Crippen LogP contribution in [0.25, 0.3) is 6.08 Å². The minimum Gasteiger partial charge on any atom is -0.497 e. The molecule has 0 atom stereocenters. The van der Waals surface area contributed by atoms with E-state index < -0.39 is 6.09 Å². The number of ether oxygens (including phenoxy) is 2. The molecule has 4 nitrogen and oxygen atoms in total. The Balaban J connectivity index is 2.40. The summed E-state index contributed by atoms with van der Waals surface area (Å²) in [5.74, 6) is 0.824. The quantitative estimate of drug-likeness (QED) is 0.846. The maximum atomic E-state index is 10.7. The smallest absolute Gasteiger partial charge is 0.407 e. The third-order valence-electron chi connectivity index (χ3n) is 1.98. The molecule has 0 aliphatic carbocycles. The van der Waals surface area contributed by atoms with E-state index in [1.54, 1.807) is 7.11 Å². The Labute approximate surface area is 94.9 Å². The van der Waals surface area contributed by atoms with Crippen LogP contribution in [-0.2, 0) is 4.74 Å². The van der Waals surface area contributed by atoms with Gasteiger partial charge in [-0.3, -0.25) is 0 Å². The van der Waals surface area contributed by atoms with Crippen molar-refractivity contribution in [3.63, 3.8) is 0 Å².